The van der Waals surface area contributed by atoms with Gasteiger partial charge in [0.15, 0.2) is 6.61 Å². The number of aromatic nitrogens is 1. The minimum Gasteiger partial charge on any atom is -0.457 e. The molecule has 166 valence electrons. The number of nitrogens with one attached hydrogen (secondary N) is 1. The second-order valence-corrected chi connectivity index (χ2v) is 7.91. The Labute approximate surface area is 188 Å². The summed E-state index contributed by atoms with van der Waals surface area (Å²) in [6.45, 7) is 6.82. The Morgan fingerprint density at radius 2 is 1.62 bits per heavy atom. The van der Waals surface area contributed by atoms with Crippen molar-refractivity contribution in [2.45, 2.75) is 40.2 Å². The molecule has 3 rings (SSSR count). The van der Waals surface area contributed by atoms with Crippen molar-refractivity contribution in [3.05, 3.63) is 88.7 Å². The van der Waals surface area contributed by atoms with Crippen LogP contribution in [0.1, 0.15) is 52.3 Å². The number of para-hydroxylation sites is 1. The molecule has 6 nitrogen and oxygen atoms in total. The number of carbonyl (C=O) groups is 3. The van der Waals surface area contributed by atoms with Crippen LogP contribution >= 0.6 is 0 Å². The highest BCUT2D eigenvalue weighted by atomic mass is 16.5. The zero-order valence-corrected chi connectivity index (χ0v) is 18.8. The van der Waals surface area contributed by atoms with Gasteiger partial charge in [-0.25, -0.2) is 0 Å². The van der Waals surface area contributed by atoms with Gasteiger partial charge in [0.2, 0.25) is 11.7 Å². The summed E-state index contributed by atoms with van der Waals surface area (Å²) in [4.78, 5) is 36.8. The SMILES string of the molecule is CC(=O)NC(CC(=O)OCC(=O)c1cc(C)n(-c2ccccc2)c1C)c1ccc(C)cc1. The molecule has 0 aliphatic heterocycles. The molecule has 3 aromatic rings. The van der Waals surface area contributed by atoms with Gasteiger partial charge in [0.05, 0.1) is 12.5 Å². The summed E-state index contributed by atoms with van der Waals surface area (Å²) in [7, 11) is 0. The molecule has 32 heavy (non-hydrogen) atoms. The number of rotatable bonds is 8. The summed E-state index contributed by atoms with van der Waals surface area (Å²) >= 11 is 0. The predicted molar refractivity (Wildman–Crippen MR) is 123 cm³/mol. The zero-order valence-electron chi connectivity index (χ0n) is 18.8. The van der Waals surface area contributed by atoms with E-state index in [9.17, 15) is 14.4 Å². The highest BCUT2D eigenvalue weighted by Gasteiger charge is 2.21. The van der Waals surface area contributed by atoms with Crippen molar-refractivity contribution < 1.29 is 19.1 Å². The number of esters is 1. The normalized spacial score (nSPS) is 11.6. The Hall–Kier alpha value is -3.67. The summed E-state index contributed by atoms with van der Waals surface area (Å²) in [5.74, 6) is -1.05. The number of nitrogens with zero attached hydrogens (tertiary/aromatic N) is 1. The van der Waals surface area contributed by atoms with Crippen molar-refractivity contribution in [3.8, 4) is 5.69 Å². The third kappa shape index (κ3) is 5.52. The molecule has 0 spiro atoms. The fourth-order valence-electron chi connectivity index (χ4n) is 3.77. The van der Waals surface area contributed by atoms with Crippen LogP contribution in [0.2, 0.25) is 0 Å². The topological polar surface area (TPSA) is 77.4 Å². The number of ketones is 1. The lowest BCUT2D eigenvalue weighted by molar-refractivity contribution is -0.143. The van der Waals surface area contributed by atoms with Crippen LogP contribution in [0, 0.1) is 20.8 Å². The van der Waals surface area contributed by atoms with Crippen LogP contribution in [0.5, 0.6) is 0 Å². The lowest BCUT2D eigenvalue weighted by Crippen LogP contribution is -2.29. The first kappa shape index (κ1) is 23.0. The Morgan fingerprint density at radius 3 is 2.25 bits per heavy atom. The van der Waals surface area contributed by atoms with Gasteiger partial charge in [-0.15, -0.1) is 0 Å². The molecule has 2 aromatic carbocycles. The average molecular weight is 433 g/mol. The summed E-state index contributed by atoms with van der Waals surface area (Å²) < 4.78 is 7.28. The molecular weight excluding hydrogens is 404 g/mol. The van der Waals surface area contributed by atoms with E-state index < -0.39 is 12.0 Å². The lowest BCUT2D eigenvalue weighted by atomic mass is 10.0. The van der Waals surface area contributed by atoms with E-state index in [-0.39, 0.29) is 24.7 Å². The molecule has 1 unspecified atom stereocenters. The largest absolute Gasteiger partial charge is 0.457 e. The molecule has 1 N–H and O–H groups in total. The molecule has 0 saturated heterocycles. The molecule has 0 fully saturated rings. The standard InChI is InChI=1S/C26H28N2O4/c1-17-10-12-21(13-11-17)24(27-20(4)29)15-26(31)32-16-25(30)23-14-18(2)28(19(23)3)22-8-6-5-7-9-22/h5-14,24H,15-16H2,1-4H3,(H,27,29). The van der Waals surface area contributed by atoms with Gasteiger partial charge in [-0.3, -0.25) is 14.4 Å². The summed E-state index contributed by atoms with van der Waals surface area (Å²) in [5, 5.41) is 2.78. The van der Waals surface area contributed by atoms with Crippen LogP contribution in [-0.2, 0) is 14.3 Å². The van der Waals surface area contributed by atoms with Crippen molar-refractivity contribution >= 4 is 17.7 Å². The van der Waals surface area contributed by atoms with Gasteiger partial charge in [-0.05, 0) is 44.5 Å². The highest BCUT2D eigenvalue weighted by molar-refractivity contribution is 5.99. The van der Waals surface area contributed by atoms with E-state index in [1.807, 2.05) is 86.0 Å². The minimum absolute atomic E-state index is 0.0566. The molecule has 0 bridgehead atoms. The van der Waals surface area contributed by atoms with Crippen molar-refractivity contribution in [3.63, 3.8) is 0 Å². The monoisotopic (exact) mass is 432 g/mol. The van der Waals surface area contributed by atoms with Crippen LogP contribution in [0.25, 0.3) is 5.69 Å². The maximum atomic E-state index is 12.8. The fourth-order valence-corrected chi connectivity index (χ4v) is 3.77. The number of hydrogen-bond donors (Lipinski definition) is 1. The number of carbonyl (C=O) groups excluding carboxylic acids is 3. The second kappa shape index (κ2) is 10.1. The van der Waals surface area contributed by atoms with Crippen molar-refractivity contribution in [2.24, 2.45) is 0 Å². The quantitative estimate of drug-likeness (QED) is 0.423. The van der Waals surface area contributed by atoms with E-state index >= 15 is 0 Å². The Balaban J connectivity index is 1.67. The zero-order chi connectivity index (χ0) is 23.3. The number of aryl methyl sites for hydroxylation is 2. The van der Waals surface area contributed by atoms with Gasteiger partial charge in [0, 0.05) is 29.6 Å². The molecular formula is C26H28N2O4. The van der Waals surface area contributed by atoms with Crippen molar-refractivity contribution in [1.82, 2.24) is 9.88 Å². The van der Waals surface area contributed by atoms with E-state index in [0.29, 0.717) is 5.56 Å². The molecule has 6 heteroatoms. The highest BCUT2D eigenvalue weighted by Crippen LogP contribution is 2.22. The molecule has 0 aliphatic carbocycles. The number of benzene rings is 2. The Bertz CT molecular complexity index is 1110. The van der Waals surface area contributed by atoms with E-state index in [1.165, 1.54) is 6.92 Å². The molecule has 0 aliphatic rings. The number of hydrogen-bond acceptors (Lipinski definition) is 4. The van der Waals surface area contributed by atoms with Crippen LogP contribution in [0.4, 0.5) is 0 Å². The van der Waals surface area contributed by atoms with Gasteiger partial charge >= 0.3 is 5.97 Å². The first-order chi connectivity index (χ1) is 15.3. The number of Topliss-reactive ketones (excluding diaryl/α,β-unsaturated/α-hetero) is 1. The lowest BCUT2D eigenvalue weighted by Gasteiger charge is -2.18. The maximum absolute atomic E-state index is 12.8. The Kier molecular flexibility index (Phi) is 7.25. The molecule has 1 amide bonds. The predicted octanol–water partition coefficient (Wildman–Crippen LogP) is 4.40. The third-order valence-corrected chi connectivity index (χ3v) is 5.34. The van der Waals surface area contributed by atoms with Crippen LogP contribution in [0.15, 0.2) is 60.7 Å². The first-order valence-electron chi connectivity index (χ1n) is 10.5. The van der Waals surface area contributed by atoms with Gasteiger partial charge < -0.3 is 14.6 Å². The van der Waals surface area contributed by atoms with Crippen LogP contribution in [-0.4, -0.2) is 28.8 Å². The smallest absolute Gasteiger partial charge is 0.308 e. The number of amides is 1. The van der Waals surface area contributed by atoms with E-state index in [1.54, 1.807) is 0 Å². The van der Waals surface area contributed by atoms with E-state index in [4.69, 9.17) is 4.74 Å². The van der Waals surface area contributed by atoms with Gasteiger partial charge in [0.25, 0.3) is 0 Å². The van der Waals surface area contributed by atoms with Gasteiger partial charge in [0.1, 0.15) is 0 Å². The molecule has 1 atom stereocenters. The molecule has 1 aromatic heterocycles. The van der Waals surface area contributed by atoms with Crippen LogP contribution < -0.4 is 5.32 Å². The average Bonchev–Trinajstić information content (AvgIpc) is 3.06. The summed E-state index contributed by atoms with van der Waals surface area (Å²) in [6, 6.07) is 18.6. The summed E-state index contributed by atoms with van der Waals surface area (Å²) in [6.07, 6.45) is -0.0566. The van der Waals surface area contributed by atoms with Crippen molar-refractivity contribution in [1.29, 1.82) is 0 Å². The van der Waals surface area contributed by atoms with Crippen LogP contribution in [0.3, 0.4) is 0 Å². The molecule has 0 radical (unpaired) electrons. The van der Waals surface area contributed by atoms with Crippen molar-refractivity contribution in [2.75, 3.05) is 6.61 Å². The molecule has 0 saturated carbocycles. The number of ether oxygens (including phenoxy) is 1. The van der Waals surface area contributed by atoms with Gasteiger partial charge in [-0.2, -0.15) is 0 Å². The summed E-state index contributed by atoms with van der Waals surface area (Å²) in [5.41, 5.74) is 5.10. The second-order valence-electron chi connectivity index (χ2n) is 7.91. The minimum atomic E-state index is -0.547. The first-order valence-corrected chi connectivity index (χ1v) is 10.5. The van der Waals surface area contributed by atoms with E-state index in [2.05, 4.69) is 5.32 Å². The maximum Gasteiger partial charge on any atom is 0.308 e. The fraction of sp³-hybridized carbons (Fsp3) is 0.269. The van der Waals surface area contributed by atoms with Gasteiger partial charge in [-0.1, -0.05) is 48.0 Å². The Morgan fingerprint density at radius 1 is 0.969 bits per heavy atom. The molecule has 1 heterocycles. The van der Waals surface area contributed by atoms with E-state index in [0.717, 1.165) is 28.2 Å². The third-order valence-electron chi connectivity index (χ3n) is 5.34.